The van der Waals surface area contributed by atoms with Gasteiger partial charge in [0.25, 0.3) is 0 Å². The molecule has 1 aromatic heterocycles. The summed E-state index contributed by atoms with van der Waals surface area (Å²) >= 11 is 0. The van der Waals surface area contributed by atoms with Gasteiger partial charge in [0.1, 0.15) is 11.6 Å². The zero-order valence-electron chi connectivity index (χ0n) is 11.7. The average Bonchev–Trinajstić information content (AvgIpc) is 2.86. The van der Waals surface area contributed by atoms with Crippen molar-refractivity contribution < 1.29 is 9.13 Å². The van der Waals surface area contributed by atoms with E-state index in [0.29, 0.717) is 30.2 Å². The number of fused-ring (bicyclic) bond motifs is 1. The molecule has 0 saturated heterocycles. The van der Waals surface area contributed by atoms with Gasteiger partial charge in [-0.15, -0.1) is 0 Å². The van der Waals surface area contributed by atoms with Crippen LogP contribution in [0, 0.1) is 5.82 Å². The summed E-state index contributed by atoms with van der Waals surface area (Å²) in [4.78, 5) is 4.60. The summed E-state index contributed by atoms with van der Waals surface area (Å²) in [5.41, 5.74) is 8.93. The Morgan fingerprint density at radius 3 is 2.86 bits per heavy atom. The van der Waals surface area contributed by atoms with Gasteiger partial charge in [-0.2, -0.15) is 0 Å². The van der Waals surface area contributed by atoms with Crippen LogP contribution in [-0.2, 0) is 11.3 Å². The molecule has 2 aromatic carbocycles. The Balaban J connectivity index is 2.23. The first-order chi connectivity index (χ1) is 10.2. The second kappa shape index (κ2) is 5.54. The highest BCUT2D eigenvalue weighted by atomic mass is 19.1. The number of hydrogen-bond acceptors (Lipinski definition) is 3. The number of ether oxygens (including phenoxy) is 1. The fourth-order valence-electron chi connectivity index (χ4n) is 2.41. The molecular weight excluding hydrogens is 269 g/mol. The van der Waals surface area contributed by atoms with Crippen molar-refractivity contribution in [3.63, 3.8) is 0 Å². The molecule has 3 rings (SSSR count). The molecule has 0 fully saturated rings. The third-order valence-corrected chi connectivity index (χ3v) is 3.43. The van der Waals surface area contributed by atoms with Gasteiger partial charge in [-0.25, -0.2) is 9.37 Å². The summed E-state index contributed by atoms with van der Waals surface area (Å²) in [6.45, 7) is 1.17. The molecule has 0 aliphatic carbocycles. The topological polar surface area (TPSA) is 53.1 Å². The molecule has 5 heteroatoms. The lowest BCUT2D eigenvalue weighted by Crippen LogP contribution is -2.07. The number of para-hydroxylation sites is 2. The lowest BCUT2D eigenvalue weighted by Gasteiger charge is -2.10. The molecule has 0 atom stereocenters. The summed E-state index contributed by atoms with van der Waals surface area (Å²) in [6, 6.07) is 12.1. The van der Waals surface area contributed by atoms with E-state index in [1.807, 2.05) is 28.8 Å². The number of halogens is 1. The summed E-state index contributed by atoms with van der Waals surface area (Å²) < 4.78 is 20.7. The average molecular weight is 285 g/mol. The molecule has 0 unspecified atom stereocenters. The zero-order chi connectivity index (χ0) is 14.8. The van der Waals surface area contributed by atoms with E-state index in [1.54, 1.807) is 13.2 Å². The van der Waals surface area contributed by atoms with Gasteiger partial charge in [0.15, 0.2) is 0 Å². The number of nitrogens with zero attached hydrogens (tertiary/aromatic N) is 2. The number of nitrogens with two attached hydrogens (primary N) is 1. The van der Waals surface area contributed by atoms with E-state index in [1.165, 1.54) is 12.1 Å². The Labute approximate surface area is 122 Å². The molecule has 0 amide bonds. The standard InChI is InChI=1S/C16H16FN3O/c1-21-9-8-20-15-5-3-2-4-14(15)19-16(20)12-10-11(17)6-7-13(12)18/h2-7,10H,8-9,18H2,1H3. The van der Waals surface area contributed by atoms with Gasteiger partial charge in [-0.3, -0.25) is 0 Å². The molecule has 0 aliphatic heterocycles. The molecule has 4 nitrogen and oxygen atoms in total. The highest BCUT2D eigenvalue weighted by Crippen LogP contribution is 2.29. The van der Waals surface area contributed by atoms with E-state index >= 15 is 0 Å². The van der Waals surface area contributed by atoms with Crippen LogP contribution in [0.1, 0.15) is 0 Å². The first-order valence-electron chi connectivity index (χ1n) is 6.70. The fraction of sp³-hybridized carbons (Fsp3) is 0.188. The molecule has 2 N–H and O–H groups in total. The maximum absolute atomic E-state index is 13.6. The first kappa shape index (κ1) is 13.6. The number of nitrogen functional groups attached to an aromatic ring is 1. The summed E-state index contributed by atoms with van der Waals surface area (Å²) in [5, 5.41) is 0. The molecular formula is C16H16FN3O. The van der Waals surface area contributed by atoms with E-state index < -0.39 is 0 Å². The van der Waals surface area contributed by atoms with Crippen LogP contribution >= 0.6 is 0 Å². The number of benzene rings is 2. The van der Waals surface area contributed by atoms with Gasteiger partial charge < -0.3 is 15.0 Å². The fourth-order valence-corrected chi connectivity index (χ4v) is 2.41. The first-order valence-corrected chi connectivity index (χ1v) is 6.70. The van der Waals surface area contributed by atoms with Crippen LogP contribution in [0.5, 0.6) is 0 Å². The minimum Gasteiger partial charge on any atom is -0.398 e. The molecule has 108 valence electrons. The van der Waals surface area contributed by atoms with Crippen LogP contribution < -0.4 is 5.73 Å². The summed E-state index contributed by atoms with van der Waals surface area (Å²) in [5.74, 6) is 0.329. The quantitative estimate of drug-likeness (QED) is 0.749. The van der Waals surface area contributed by atoms with Crippen molar-refractivity contribution in [3.05, 3.63) is 48.3 Å². The molecule has 0 radical (unpaired) electrons. The normalized spacial score (nSPS) is 11.1. The lowest BCUT2D eigenvalue weighted by atomic mass is 10.1. The van der Waals surface area contributed by atoms with Crippen molar-refractivity contribution in [3.8, 4) is 11.4 Å². The van der Waals surface area contributed by atoms with Crippen LogP contribution in [0.3, 0.4) is 0 Å². The molecule has 0 spiro atoms. The summed E-state index contributed by atoms with van der Waals surface area (Å²) in [7, 11) is 1.65. The molecule has 0 aliphatic rings. The minimum atomic E-state index is -0.329. The molecule has 0 saturated carbocycles. The van der Waals surface area contributed by atoms with Gasteiger partial charge in [0, 0.05) is 24.9 Å². The Morgan fingerprint density at radius 1 is 1.24 bits per heavy atom. The van der Waals surface area contributed by atoms with Crippen LogP contribution in [0.15, 0.2) is 42.5 Å². The van der Waals surface area contributed by atoms with Gasteiger partial charge in [-0.1, -0.05) is 12.1 Å². The maximum atomic E-state index is 13.6. The van der Waals surface area contributed by atoms with Gasteiger partial charge in [-0.05, 0) is 30.3 Å². The van der Waals surface area contributed by atoms with Gasteiger partial charge >= 0.3 is 0 Å². The monoisotopic (exact) mass is 285 g/mol. The highest BCUT2D eigenvalue weighted by Gasteiger charge is 2.15. The van der Waals surface area contributed by atoms with Crippen LogP contribution in [0.2, 0.25) is 0 Å². The van der Waals surface area contributed by atoms with Crippen LogP contribution in [0.4, 0.5) is 10.1 Å². The zero-order valence-corrected chi connectivity index (χ0v) is 11.7. The Kier molecular flexibility index (Phi) is 3.58. The van der Waals surface area contributed by atoms with Crippen molar-refractivity contribution in [2.24, 2.45) is 0 Å². The number of imidazole rings is 1. The van der Waals surface area contributed by atoms with Crippen LogP contribution in [-0.4, -0.2) is 23.3 Å². The summed E-state index contributed by atoms with van der Waals surface area (Å²) in [6.07, 6.45) is 0. The Bertz CT molecular complexity index is 782. The third-order valence-electron chi connectivity index (χ3n) is 3.43. The van der Waals surface area contributed by atoms with Crippen molar-refractivity contribution in [1.29, 1.82) is 0 Å². The Morgan fingerprint density at radius 2 is 2.05 bits per heavy atom. The number of hydrogen-bond donors (Lipinski definition) is 1. The van der Waals surface area contributed by atoms with Crippen LogP contribution in [0.25, 0.3) is 22.4 Å². The second-order valence-electron chi connectivity index (χ2n) is 4.80. The minimum absolute atomic E-state index is 0.329. The smallest absolute Gasteiger partial charge is 0.143 e. The number of aromatic nitrogens is 2. The molecule has 1 heterocycles. The highest BCUT2D eigenvalue weighted by molar-refractivity contribution is 5.83. The van der Waals surface area contributed by atoms with E-state index in [4.69, 9.17) is 10.5 Å². The molecule has 21 heavy (non-hydrogen) atoms. The van der Waals surface area contributed by atoms with Gasteiger partial charge in [0.2, 0.25) is 0 Å². The van der Waals surface area contributed by atoms with E-state index in [-0.39, 0.29) is 5.82 Å². The lowest BCUT2D eigenvalue weighted by molar-refractivity contribution is 0.188. The van der Waals surface area contributed by atoms with E-state index in [0.717, 1.165) is 11.0 Å². The van der Waals surface area contributed by atoms with Crippen molar-refractivity contribution in [2.75, 3.05) is 19.5 Å². The Hall–Kier alpha value is -2.40. The van der Waals surface area contributed by atoms with Crippen molar-refractivity contribution >= 4 is 16.7 Å². The number of methoxy groups -OCH3 is 1. The predicted molar refractivity (Wildman–Crippen MR) is 81.4 cm³/mol. The molecule has 3 aromatic rings. The maximum Gasteiger partial charge on any atom is 0.143 e. The van der Waals surface area contributed by atoms with Gasteiger partial charge in [0.05, 0.1) is 17.6 Å². The number of anilines is 1. The molecule has 0 bridgehead atoms. The SMILES string of the molecule is COCCn1c(-c2cc(F)ccc2N)nc2ccccc21. The van der Waals surface area contributed by atoms with Crippen molar-refractivity contribution in [2.45, 2.75) is 6.54 Å². The van der Waals surface area contributed by atoms with E-state index in [9.17, 15) is 4.39 Å². The third kappa shape index (κ3) is 2.48. The van der Waals surface area contributed by atoms with E-state index in [2.05, 4.69) is 4.98 Å². The van der Waals surface area contributed by atoms with Crippen molar-refractivity contribution in [1.82, 2.24) is 9.55 Å². The second-order valence-corrected chi connectivity index (χ2v) is 4.80. The number of rotatable bonds is 4. The largest absolute Gasteiger partial charge is 0.398 e. The predicted octanol–water partition coefficient (Wildman–Crippen LogP) is 3.07.